The zero-order valence-corrected chi connectivity index (χ0v) is 12.1. The van der Waals surface area contributed by atoms with Crippen molar-refractivity contribution in [2.45, 2.75) is 4.90 Å². The smallest absolute Gasteiger partial charge is 0.240 e. The van der Waals surface area contributed by atoms with E-state index >= 15 is 0 Å². The van der Waals surface area contributed by atoms with Crippen LogP contribution in [0, 0.1) is 23.3 Å². The summed E-state index contributed by atoms with van der Waals surface area (Å²) in [6.07, 6.45) is 0. The standard InChI is InChI=1S/C14H9F4NO3S/c15-8-1-4-13(12(18)5-8)19-14(20)7-23(21,22)9-2-3-10(16)11(17)6-9/h1-6H,7H2,(H,19,20). The van der Waals surface area contributed by atoms with Gasteiger partial charge in [-0.3, -0.25) is 4.79 Å². The molecule has 0 unspecified atom stereocenters. The van der Waals surface area contributed by atoms with Crippen molar-refractivity contribution < 1.29 is 30.8 Å². The molecule has 4 nitrogen and oxygen atoms in total. The first kappa shape index (κ1) is 16.9. The predicted molar refractivity (Wildman–Crippen MR) is 73.4 cm³/mol. The van der Waals surface area contributed by atoms with Crippen molar-refractivity contribution in [3.05, 3.63) is 59.7 Å². The second kappa shape index (κ2) is 6.37. The molecule has 0 radical (unpaired) electrons. The quantitative estimate of drug-likeness (QED) is 0.683. The molecule has 23 heavy (non-hydrogen) atoms. The fourth-order valence-electron chi connectivity index (χ4n) is 1.70. The zero-order valence-electron chi connectivity index (χ0n) is 11.3. The Morgan fingerprint density at radius 1 is 0.913 bits per heavy atom. The molecular formula is C14H9F4NO3S. The van der Waals surface area contributed by atoms with Crippen LogP contribution in [0.15, 0.2) is 41.3 Å². The topological polar surface area (TPSA) is 63.2 Å². The number of anilines is 1. The summed E-state index contributed by atoms with van der Waals surface area (Å²) in [4.78, 5) is 11.1. The van der Waals surface area contributed by atoms with E-state index in [1.807, 2.05) is 5.32 Å². The normalized spacial score (nSPS) is 11.3. The molecule has 0 fully saturated rings. The van der Waals surface area contributed by atoms with E-state index < -0.39 is 55.3 Å². The second-order valence-electron chi connectivity index (χ2n) is 4.51. The van der Waals surface area contributed by atoms with Gasteiger partial charge >= 0.3 is 0 Å². The summed E-state index contributed by atoms with van der Waals surface area (Å²) in [6.45, 7) is 0. The van der Waals surface area contributed by atoms with Gasteiger partial charge < -0.3 is 5.32 Å². The van der Waals surface area contributed by atoms with Gasteiger partial charge in [-0.2, -0.15) is 0 Å². The van der Waals surface area contributed by atoms with Gasteiger partial charge in [0.15, 0.2) is 21.5 Å². The van der Waals surface area contributed by atoms with E-state index in [9.17, 15) is 30.8 Å². The van der Waals surface area contributed by atoms with Gasteiger partial charge in [0.2, 0.25) is 5.91 Å². The number of sulfone groups is 1. The van der Waals surface area contributed by atoms with Crippen LogP contribution in [0.5, 0.6) is 0 Å². The SMILES string of the molecule is O=C(CS(=O)(=O)c1ccc(F)c(F)c1)Nc1ccc(F)cc1F. The number of rotatable bonds is 4. The summed E-state index contributed by atoms with van der Waals surface area (Å²) < 4.78 is 75.8. The summed E-state index contributed by atoms with van der Waals surface area (Å²) in [5.41, 5.74) is -0.406. The lowest BCUT2D eigenvalue weighted by atomic mass is 10.3. The van der Waals surface area contributed by atoms with E-state index in [-0.39, 0.29) is 0 Å². The van der Waals surface area contributed by atoms with Crippen LogP contribution in [0.2, 0.25) is 0 Å². The Labute approximate surface area is 128 Å². The number of halogens is 4. The van der Waals surface area contributed by atoms with Gasteiger partial charge in [0.25, 0.3) is 0 Å². The Balaban J connectivity index is 2.16. The first-order chi connectivity index (χ1) is 10.7. The van der Waals surface area contributed by atoms with Crippen LogP contribution in [-0.4, -0.2) is 20.1 Å². The lowest BCUT2D eigenvalue weighted by Gasteiger charge is -2.08. The molecule has 0 aliphatic carbocycles. The van der Waals surface area contributed by atoms with Crippen LogP contribution in [-0.2, 0) is 14.6 Å². The van der Waals surface area contributed by atoms with E-state index in [1.54, 1.807) is 0 Å². The molecule has 122 valence electrons. The van der Waals surface area contributed by atoms with Crippen molar-refractivity contribution in [1.29, 1.82) is 0 Å². The number of hydrogen-bond donors (Lipinski definition) is 1. The van der Waals surface area contributed by atoms with Gasteiger partial charge in [-0.05, 0) is 30.3 Å². The first-order valence-electron chi connectivity index (χ1n) is 6.12. The van der Waals surface area contributed by atoms with Gasteiger partial charge in [0, 0.05) is 6.07 Å². The minimum atomic E-state index is -4.26. The third-order valence-corrected chi connectivity index (χ3v) is 4.39. The second-order valence-corrected chi connectivity index (χ2v) is 6.50. The molecule has 9 heteroatoms. The largest absolute Gasteiger partial charge is 0.323 e. The van der Waals surface area contributed by atoms with Crippen LogP contribution < -0.4 is 5.32 Å². The summed E-state index contributed by atoms with van der Waals surface area (Å²) >= 11 is 0. The number of hydrogen-bond acceptors (Lipinski definition) is 3. The zero-order chi connectivity index (χ0) is 17.2. The van der Waals surface area contributed by atoms with Gasteiger partial charge in [0.1, 0.15) is 17.4 Å². The number of carbonyl (C=O) groups excluding carboxylic acids is 1. The van der Waals surface area contributed by atoms with E-state index in [2.05, 4.69) is 0 Å². The van der Waals surface area contributed by atoms with Crippen molar-refractivity contribution >= 4 is 21.4 Å². The van der Waals surface area contributed by atoms with Gasteiger partial charge in [-0.15, -0.1) is 0 Å². The van der Waals surface area contributed by atoms with E-state index in [1.165, 1.54) is 0 Å². The van der Waals surface area contributed by atoms with Crippen LogP contribution in [0.3, 0.4) is 0 Å². The van der Waals surface area contributed by atoms with E-state index in [4.69, 9.17) is 0 Å². The molecule has 0 atom stereocenters. The Kier molecular flexibility index (Phi) is 4.69. The number of carbonyl (C=O) groups is 1. The maximum absolute atomic E-state index is 13.4. The molecule has 2 aromatic carbocycles. The van der Waals surface area contributed by atoms with Gasteiger partial charge in [-0.1, -0.05) is 0 Å². The average Bonchev–Trinajstić information content (AvgIpc) is 2.44. The predicted octanol–water partition coefficient (Wildman–Crippen LogP) is 2.66. The summed E-state index contributed by atoms with van der Waals surface area (Å²) in [6, 6.07) is 4.17. The summed E-state index contributed by atoms with van der Waals surface area (Å²) in [5, 5.41) is 1.96. The van der Waals surface area contributed by atoms with Crippen LogP contribution in [0.4, 0.5) is 23.2 Å². The molecule has 0 aromatic heterocycles. The highest BCUT2D eigenvalue weighted by atomic mass is 32.2. The first-order valence-corrected chi connectivity index (χ1v) is 7.77. The lowest BCUT2D eigenvalue weighted by molar-refractivity contribution is -0.113. The molecule has 0 aliphatic rings. The van der Waals surface area contributed by atoms with Gasteiger partial charge in [-0.25, -0.2) is 26.0 Å². The van der Waals surface area contributed by atoms with Crippen molar-refractivity contribution in [2.24, 2.45) is 0 Å². The van der Waals surface area contributed by atoms with Crippen molar-refractivity contribution in [1.82, 2.24) is 0 Å². The third-order valence-electron chi connectivity index (χ3n) is 2.78. The fourth-order valence-corrected chi connectivity index (χ4v) is 2.85. The minimum Gasteiger partial charge on any atom is -0.323 e. The maximum atomic E-state index is 13.4. The molecule has 0 spiro atoms. The molecule has 0 heterocycles. The molecule has 2 aromatic rings. The number of nitrogens with one attached hydrogen (secondary N) is 1. The molecule has 1 amide bonds. The molecule has 0 saturated heterocycles. The van der Waals surface area contributed by atoms with Crippen molar-refractivity contribution in [2.75, 3.05) is 11.1 Å². The summed E-state index contributed by atoms with van der Waals surface area (Å²) in [5.74, 6) is -6.79. The highest BCUT2D eigenvalue weighted by Crippen LogP contribution is 2.17. The third kappa shape index (κ3) is 4.07. The lowest BCUT2D eigenvalue weighted by Crippen LogP contribution is -2.23. The number of benzene rings is 2. The van der Waals surface area contributed by atoms with Crippen molar-refractivity contribution in [3.63, 3.8) is 0 Å². The van der Waals surface area contributed by atoms with E-state index in [0.29, 0.717) is 18.2 Å². The molecule has 0 saturated carbocycles. The van der Waals surface area contributed by atoms with Crippen LogP contribution >= 0.6 is 0 Å². The highest BCUT2D eigenvalue weighted by molar-refractivity contribution is 7.92. The maximum Gasteiger partial charge on any atom is 0.240 e. The van der Waals surface area contributed by atoms with Crippen LogP contribution in [0.1, 0.15) is 0 Å². The molecule has 0 bridgehead atoms. The number of amides is 1. The van der Waals surface area contributed by atoms with Crippen molar-refractivity contribution in [3.8, 4) is 0 Å². The monoisotopic (exact) mass is 347 g/mol. The molecule has 0 aliphatic heterocycles. The van der Waals surface area contributed by atoms with Gasteiger partial charge in [0.05, 0.1) is 10.6 Å². The highest BCUT2D eigenvalue weighted by Gasteiger charge is 2.21. The Morgan fingerprint density at radius 3 is 2.22 bits per heavy atom. The molecule has 1 N–H and O–H groups in total. The van der Waals surface area contributed by atoms with E-state index in [0.717, 1.165) is 18.2 Å². The Hall–Kier alpha value is -2.42. The molecule has 2 rings (SSSR count). The summed E-state index contributed by atoms with van der Waals surface area (Å²) in [7, 11) is -4.26. The average molecular weight is 347 g/mol. The fraction of sp³-hybridized carbons (Fsp3) is 0.0714. The Bertz CT molecular complexity index is 868. The Morgan fingerprint density at radius 2 is 1.61 bits per heavy atom. The molecular weight excluding hydrogens is 338 g/mol. The van der Waals surface area contributed by atoms with Crippen LogP contribution in [0.25, 0.3) is 0 Å². The minimum absolute atomic E-state index is 0.406.